The SMILES string of the molecule is Brc1cnc(C=Cc2csnn2)s1. The minimum Gasteiger partial charge on any atom is -0.244 e. The van der Waals surface area contributed by atoms with Crippen molar-refractivity contribution in [2.75, 3.05) is 0 Å². The van der Waals surface area contributed by atoms with Crippen molar-refractivity contribution in [1.82, 2.24) is 14.6 Å². The van der Waals surface area contributed by atoms with Gasteiger partial charge in [-0.25, -0.2) is 4.98 Å². The smallest absolute Gasteiger partial charge is 0.117 e. The van der Waals surface area contributed by atoms with Crippen LogP contribution in [0.15, 0.2) is 15.4 Å². The summed E-state index contributed by atoms with van der Waals surface area (Å²) in [5, 5.41) is 6.73. The second-order valence-electron chi connectivity index (χ2n) is 2.17. The molecule has 0 saturated carbocycles. The Morgan fingerprint density at radius 2 is 2.31 bits per heavy atom. The zero-order valence-electron chi connectivity index (χ0n) is 6.35. The first-order chi connectivity index (χ1) is 6.34. The lowest BCUT2D eigenvalue weighted by Gasteiger charge is -1.79. The van der Waals surface area contributed by atoms with Crippen molar-refractivity contribution in [3.05, 3.63) is 26.1 Å². The van der Waals surface area contributed by atoms with Gasteiger partial charge in [0.05, 0.1) is 15.7 Å². The normalized spacial score (nSPS) is 11.2. The minimum absolute atomic E-state index is 0.872. The number of hydrogen-bond acceptors (Lipinski definition) is 5. The molecule has 0 aromatic carbocycles. The van der Waals surface area contributed by atoms with Crippen molar-refractivity contribution in [2.24, 2.45) is 0 Å². The van der Waals surface area contributed by atoms with E-state index in [2.05, 4.69) is 30.5 Å². The van der Waals surface area contributed by atoms with Gasteiger partial charge >= 0.3 is 0 Å². The Labute approximate surface area is 91.4 Å². The van der Waals surface area contributed by atoms with Gasteiger partial charge in [-0.05, 0) is 39.6 Å². The predicted octanol–water partition coefficient (Wildman–Crippen LogP) is 2.93. The Morgan fingerprint density at radius 3 is 2.92 bits per heavy atom. The van der Waals surface area contributed by atoms with E-state index in [9.17, 15) is 0 Å². The molecule has 13 heavy (non-hydrogen) atoms. The second kappa shape index (κ2) is 4.08. The summed E-state index contributed by atoms with van der Waals surface area (Å²) in [5.41, 5.74) is 0.872. The highest BCUT2D eigenvalue weighted by atomic mass is 79.9. The van der Waals surface area contributed by atoms with Crippen LogP contribution in [0.25, 0.3) is 12.2 Å². The van der Waals surface area contributed by atoms with E-state index in [0.717, 1.165) is 14.5 Å². The average molecular weight is 274 g/mol. The lowest BCUT2D eigenvalue weighted by atomic mass is 10.4. The van der Waals surface area contributed by atoms with Gasteiger partial charge in [-0.2, -0.15) is 0 Å². The van der Waals surface area contributed by atoms with Crippen molar-refractivity contribution in [2.45, 2.75) is 0 Å². The standard InChI is InChI=1S/C7H4BrN3S2/c8-6-3-9-7(13-6)2-1-5-4-12-11-10-5/h1-4H. The number of hydrogen-bond donors (Lipinski definition) is 0. The summed E-state index contributed by atoms with van der Waals surface area (Å²) in [5.74, 6) is 0. The molecule has 0 amide bonds. The Balaban J connectivity index is 2.14. The highest BCUT2D eigenvalue weighted by Gasteiger charge is 1.94. The summed E-state index contributed by atoms with van der Waals surface area (Å²) in [6, 6.07) is 0. The molecular formula is C7H4BrN3S2. The van der Waals surface area contributed by atoms with Gasteiger partial charge in [-0.1, -0.05) is 4.49 Å². The molecular weight excluding hydrogens is 270 g/mol. The van der Waals surface area contributed by atoms with Gasteiger partial charge < -0.3 is 0 Å². The molecule has 2 rings (SSSR count). The van der Waals surface area contributed by atoms with Crippen LogP contribution in [0.1, 0.15) is 10.7 Å². The van der Waals surface area contributed by atoms with E-state index < -0.39 is 0 Å². The molecule has 0 atom stereocenters. The summed E-state index contributed by atoms with van der Waals surface area (Å²) < 4.78 is 4.78. The first kappa shape index (κ1) is 8.98. The fraction of sp³-hybridized carbons (Fsp3) is 0. The van der Waals surface area contributed by atoms with E-state index in [1.807, 2.05) is 17.5 Å². The maximum atomic E-state index is 4.16. The monoisotopic (exact) mass is 273 g/mol. The topological polar surface area (TPSA) is 38.7 Å². The third kappa shape index (κ3) is 2.43. The second-order valence-corrected chi connectivity index (χ2v) is 5.22. The van der Waals surface area contributed by atoms with E-state index in [1.165, 1.54) is 11.5 Å². The number of nitrogens with zero attached hydrogens (tertiary/aromatic N) is 3. The van der Waals surface area contributed by atoms with Crippen molar-refractivity contribution >= 4 is 51.0 Å². The quantitative estimate of drug-likeness (QED) is 0.845. The van der Waals surface area contributed by atoms with Gasteiger partial charge in [0.15, 0.2) is 0 Å². The molecule has 6 heteroatoms. The molecule has 0 aliphatic carbocycles. The third-order valence-corrected chi connectivity index (χ3v) is 3.23. The van der Waals surface area contributed by atoms with Crippen LogP contribution in [0.3, 0.4) is 0 Å². The summed E-state index contributed by atoms with van der Waals surface area (Å²) in [4.78, 5) is 4.16. The molecule has 0 fully saturated rings. The molecule has 0 aliphatic heterocycles. The Morgan fingerprint density at radius 1 is 1.38 bits per heavy atom. The number of halogens is 1. The van der Waals surface area contributed by atoms with Gasteiger partial charge in [0.25, 0.3) is 0 Å². The highest BCUT2D eigenvalue weighted by molar-refractivity contribution is 9.11. The summed E-state index contributed by atoms with van der Waals surface area (Å²) in [7, 11) is 0. The Bertz CT molecular complexity index is 407. The van der Waals surface area contributed by atoms with Crippen LogP contribution in [0.5, 0.6) is 0 Å². The van der Waals surface area contributed by atoms with Crippen LogP contribution in [0.2, 0.25) is 0 Å². The third-order valence-electron chi connectivity index (χ3n) is 1.27. The van der Waals surface area contributed by atoms with Crippen molar-refractivity contribution in [1.29, 1.82) is 0 Å². The Hall–Kier alpha value is -0.590. The van der Waals surface area contributed by atoms with Crippen molar-refractivity contribution in [3.8, 4) is 0 Å². The zero-order chi connectivity index (χ0) is 9.10. The molecule has 0 unspecified atom stereocenters. The van der Waals surface area contributed by atoms with Crippen molar-refractivity contribution in [3.63, 3.8) is 0 Å². The van der Waals surface area contributed by atoms with E-state index >= 15 is 0 Å². The van der Waals surface area contributed by atoms with E-state index in [-0.39, 0.29) is 0 Å². The first-order valence-electron chi connectivity index (χ1n) is 3.41. The van der Waals surface area contributed by atoms with Crippen LogP contribution >= 0.6 is 38.8 Å². The zero-order valence-corrected chi connectivity index (χ0v) is 9.56. The van der Waals surface area contributed by atoms with Crippen LogP contribution in [-0.2, 0) is 0 Å². The molecule has 2 heterocycles. The molecule has 0 bridgehead atoms. The van der Waals surface area contributed by atoms with E-state index in [0.29, 0.717) is 0 Å². The van der Waals surface area contributed by atoms with Crippen LogP contribution < -0.4 is 0 Å². The maximum absolute atomic E-state index is 4.16. The number of aromatic nitrogens is 3. The highest BCUT2D eigenvalue weighted by Crippen LogP contribution is 2.20. The van der Waals surface area contributed by atoms with E-state index in [4.69, 9.17) is 0 Å². The average Bonchev–Trinajstić information content (AvgIpc) is 2.71. The van der Waals surface area contributed by atoms with Crippen molar-refractivity contribution < 1.29 is 0 Å². The molecule has 0 saturated heterocycles. The minimum atomic E-state index is 0.872. The summed E-state index contributed by atoms with van der Waals surface area (Å²) in [6.45, 7) is 0. The van der Waals surface area contributed by atoms with Gasteiger partial charge in [0, 0.05) is 5.38 Å². The lowest BCUT2D eigenvalue weighted by Crippen LogP contribution is -1.70. The molecule has 3 nitrogen and oxygen atoms in total. The predicted molar refractivity (Wildman–Crippen MR) is 58.7 cm³/mol. The summed E-state index contributed by atoms with van der Waals surface area (Å²) >= 11 is 6.27. The van der Waals surface area contributed by atoms with Gasteiger partial charge in [-0.3, -0.25) is 0 Å². The molecule has 0 aliphatic rings. The fourth-order valence-corrected chi connectivity index (χ4v) is 2.31. The van der Waals surface area contributed by atoms with Crippen LogP contribution in [0.4, 0.5) is 0 Å². The van der Waals surface area contributed by atoms with Gasteiger partial charge in [0.1, 0.15) is 5.01 Å². The molecule has 2 aromatic rings. The molecule has 0 N–H and O–H groups in total. The lowest BCUT2D eigenvalue weighted by molar-refractivity contribution is 1.14. The molecule has 2 aromatic heterocycles. The summed E-state index contributed by atoms with van der Waals surface area (Å²) in [6.07, 6.45) is 5.60. The van der Waals surface area contributed by atoms with E-state index in [1.54, 1.807) is 17.5 Å². The van der Waals surface area contributed by atoms with Crippen LogP contribution in [0, 0.1) is 0 Å². The molecule has 0 radical (unpaired) electrons. The van der Waals surface area contributed by atoms with Crippen LogP contribution in [-0.4, -0.2) is 14.6 Å². The number of rotatable bonds is 2. The fourth-order valence-electron chi connectivity index (χ4n) is 0.745. The largest absolute Gasteiger partial charge is 0.244 e. The van der Waals surface area contributed by atoms with Gasteiger partial charge in [0.2, 0.25) is 0 Å². The Kier molecular flexibility index (Phi) is 2.82. The molecule has 66 valence electrons. The maximum Gasteiger partial charge on any atom is 0.117 e. The molecule has 0 spiro atoms. The van der Waals surface area contributed by atoms with Gasteiger partial charge in [-0.15, -0.1) is 16.4 Å². The first-order valence-corrected chi connectivity index (χ1v) is 5.86. The number of thiazole rings is 1.